The number of aromatic nitrogens is 2. The van der Waals surface area contributed by atoms with Crippen LogP contribution in [0.3, 0.4) is 0 Å². The number of anilines is 1. The maximum Gasteiger partial charge on any atom is 0.238 e. The normalized spacial score (nSPS) is 15.2. The van der Waals surface area contributed by atoms with E-state index in [4.69, 9.17) is 9.47 Å². The number of benzene rings is 2. The van der Waals surface area contributed by atoms with Gasteiger partial charge >= 0.3 is 0 Å². The molecule has 0 bridgehead atoms. The van der Waals surface area contributed by atoms with Crippen molar-refractivity contribution in [1.29, 1.82) is 0 Å². The Hall–Kier alpha value is -3.32. The van der Waals surface area contributed by atoms with E-state index in [1.807, 2.05) is 80.1 Å². The fraction of sp³-hybridized carbons (Fsp3) is 0.333. The van der Waals surface area contributed by atoms with Gasteiger partial charge in [0.15, 0.2) is 11.5 Å². The van der Waals surface area contributed by atoms with Gasteiger partial charge in [-0.15, -0.1) is 0 Å². The van der Waals surface area contributed by atoms with Gasteiger partial charge in [0.25, 0.3) is 0 Å². The summed E-state index contributed by atoms with van der Waals surface area (Å²) in [5.74, 6) is 1.44. The summed E-state index contributed by atoms with van der Waals surface area (Å²) in [6.07, 6.45) is -0.119. The van der Waals surface area contributed by atoms with Crippen LogP contribution in [0, 0.1) is 13.8 Å². The van der Waals surface area contributed by atoms with Gasteiger partial charge in [0.1, 0.15) is 12.7 Å². The van der Waals surface area contributed by atoms with Crippen molar-refractivity contribution in [2.75, 3.05) is 31.6 Å². The Morgan fingerprint density at radius 3 is 2.58 bits per heavy atom. The first-order valence-corrected chi connectivity index (χ1v) is 10.6. The molecule has 162 valence electrons. The summed E-state index contributed by atoms with van der Waals surface area (Å²) in [4.78, 5) is 14.9. The third-order valence-corrected chi connectivity index (χ3v) is 5.40. The number of amides is 1. The molecule has 0 saturated carbocycles. The number of hydrogen-bond donors (Lipinski definition) is 1. The maximum absolute atomic E-state index is 12.8. The Kier molecular flexibility index (Phi) is 6.23. The molecule has 2 aromatic carbocycles. The Bertz CT molecular complexity index is 1050. The lowest BCUT2D eigenvalue weighted by atomic mass is 10.2. The summed E-state index contributed by atoms with van der Waals surface area (Å²) in [5, 5.41) is 7.65. The maximum atomic E-state index is 12.8. The number of para-hydroxylation sites is 3. The van der Waals surface area contributed by atoms with Crippen LogP contribution >= 0.6 is 0 Å². The SMILES string of the molecule is CCN(CC(=O)Nc1c(C)nn(-c2ccccc2)c1C)CC1COc2ccccc2O1. The first kappa shape index (κ1) is 20.9. The molecule has 1 N–H and O–H groups in total. The van der Waals surface area contributed by atoms with Crippen LogP contribution in [0.15, 0.2) is 54.6 Å². The molecule has 7 nitrogen and oxygen atoms in total. The highest BCUT2D eigenvalue weighted by Gasteiger charge is 2.24. The van der Waals surface area contributed by atoms with Crippen LogP contribution in [0.2, 0.25) is 0 Å². The van der Waals surface area contributed by atoms with Crippen molar-refractivity contribution < 1.29 is 14.3 Å². The third kappa shape index (κ3) is 4.72. The van der Waals surface area contributed by atoms with E-state index in [-0.39, 0.29) is 18.6 Å². The highest BCUT2D eigenvalue weighted by molar-refractivity contribution is 5.93. The van der Waals surface area contributed by atoms with Gasteiger partial charge in [0.2, 0.25) is 5.91 Å². The molecule has 1 aliphatic heterocycles. The van der Waals surface area contributed by atoms with Gasteiger partial charge < -0.3 is 14.8 Å². The highest BCUT2D eigenvalue weighted by Crippen LogP contribution is 2.31. The molecule has 0 radical (unpaired) electrons. The summed E-state index contributed by atoms with van der Waals surface area (Å²) >= 11 is 0. The van der Waals surface area contributed by atoms with E-state index < -0.39 is 0 Å². The second-order valence-electron chi connectivity index (χ2n) is 7.67. The lowest BCUT2D eigenvalue weighted by molar-refractivity contribution is -0.117. The lowest BCUT2D eigenvalue weighted by Crippen LogP contribution is -2.43. The van der Waals surface area contributed by atoms with Gasteiger partial charge in [-0.25, -0.2) is 4.68 Å². The summed E-state index contributed by atoms with van der Waals surface area (Å²) in [6, 6.07) is 17.6. The van der Waals surface area contributed by atoms with Crippen molar-refractivity contribution in [3.63, 3.8) is 0 Å². The number of carbonyl (C=O) groups is 1. The number of hydrogen-bond acceptors (Lipinski definition) is 5. The van der Waals surface area contributed by atoms with Crippen LogP contribution < -0.4 is 14.8 Å². The summed E-state index contributed by atoms with van der Waals surface area (Å²) in [6.45, 7) is 7.99. The van der Waals surface area contributed by atoms with Gasteiger partial charge in [-0.2, -0.15) is 5.10 Å². The van der Waals surface area contributed by atoms with E-state index in [0.29, 0.717) is 13.2 Å². The number of likely N-dealkylation sites (N-methyl/N-ethyl adjacent to an activating group) is 1. The minimum Gasteiger partial charge on any atom is -0.486 e. The van der Waals surface area contributed by atoms with Crippen molar-refractivity contribution in [1.82, 2.24) is 14.7 Å². The number of carbonyl (C=O) groups excluding carboxylic acids is 1. The van der Waals surface area contributed by atoms with E-state index >= 15 is 0 Å². The van der Waals surface area contributed by atoms with Gasteiger partial charge in [0, 0.05) is 6.54 Å². The first-order valence-electron chi connectivity index (χ1n) is 10.6. The fourth-order valence-electron chi connectivity index (χ4n) is 3.77. The molecule has 7 heteroatoms. The van der Waals surface area contributed by atoms with Crippen molar-refractivity contribution in [2.24, 2.45) is 0 Å². The van der Waals surface area contributed by atoms with E-state index in [2.05, 4.69) is 15.3 Å². The van der Waals surface area contributed by atoms with E-state index in [9.17, 15) is 4.79 Å². The molecule has 0 spiro atoms. The third-order valence-electron chi connectivity index (χ3n) is 5.40. The zero-order valence-electron chi connectivity index (χ0n) is 18.2. The summed E-state index contributed by atoms with van der Waals surface area (Å²) in [5.41, 5.74) is 3.42. The molecule has 0 fully saturated rings. The first-order chi connectivity index (χ1) is 15.0. The number of ether oxygens (including phenoxy) is 2. The molecule has 4 rings (SSSR count). The quantitative estimate of drug-likeness (QED) is 0.633. The van der Waals surface area contributed by atoms with Crippen LogP contribution in [0.1, 0.15) is 18.3 Å². The molecule has 3 aromatic rings. The number of rotatable bonds is 7. The zero-order chi connectivity index (χ0) is 21.8. The predicted octanol–water partition coefficient (Wildman–Crippen LogP) is 3.59. The van der Waals surface area contributed by atoms with Crippen molar-refractivity contribution in [3.8, 4) is 17.2 Å². The highest BCUT2D eigenvalue weighted by atomic mass is 16.6. The molecule has 1 aromatic heterocycles. The number of nitrogens with zero attached hydrogens (tertiary/aromatic N) is 3. The second-order valence-corrected chi connectivity index (χ2v) is 7.67. The van der Waals surface area contributed by atoms with E-state index in [1.54, 1.807) is 0 Å². The molecule has 0 saturated heterocycles. The molecule has 2 heterocycles. The largest absolute Gasteiger partial charge is 0.486 e. The summed E-state index contributed by atoms with van der Waals surface area (Å²) in [7, 11) is 0. The smallest absolute Gasteiger partial charge is 0.238 e. The monoisotopic (exact) mass is 420 g/mol. The van der Waals surface area contributed by atoms with Gasteiger partial charge in [0.05, 0.1) is 29.3 Å². The van der Waals surface area contributed by atoms with Crippen LogP contribution in [0.25, 0.3) is 5.69 Å². The Labute approximate surface area is 182 Å². The van der Waals surface area contributed by atoms with Crippen LogP contribution in [-0.4, -0.2) is 52.9 Å². The molecule has 1 aliphatic rings. The lowest BCUT2D eigenvalue weighted by Gasteiger charge is -2.30. The van der Waals surface area contributed by atoms with Gasteiger partial charge in [-0.05, 0) is 44.7 Å². The molecule has 31 heavy (non-hydrogen) atoms. The van der Waals surface area contributed by atoms with Crippen LogP contribution in [0.5, 0.6) is 11.5 Å². The van der Waals surface area contributed by atoms with Crippen LogP contribution in [-0.2, 0) is 4.79 Å². The average Bonchev–Trinajstić information content (AvgIpc) is 3.07. The van der Waals surface area contributed by atoms with Gasteiger partial charge in [-0.3, -0.25) is 9.69 Å². The molecule has 0 aliphatic carbocycles. The Balaban J connectivity index is 1.38. The predicted molar refractivity (Wildman–Crippen MR) is 120 cm³/mol. The Morgan fingerprint density at radius 1 is 1.13 bits per heavy atom. The fourth-order valence-corrected chi connectivity index (χ4v) is 3.77. The van der Waals surface area contributed by atoms with E-state index in [1.165, 1.54) is 0 Å². The minimum absolute atomic E-state index is 0.0715. The molecule has 1 amide bonds. The number of aryl methyl sites for hydroxylation is 1. The topological polar surface area (TPSA) is 68.6 Å². The van der Waals surface area contributed by atoms with Crippen LogP contribution in [0.4, 0.5) is 5.69 Å². The van der Waals surface area contributed by atoms with Crippen molar-refractivity contribution in [3.05, 3.63) is 66.0 Å². The van der Waals surface area contributed by atoms with E-state index in [0.717, 1.165) is 40.8 Å². The number of fused-ring (bicyclic) bond motifs is 1. The zero-order valence-corrected chi connectivity index (χ0v) is 18.2. The minimum atomic E-state index is -0.119. The second kappa shape index (κ2) is 9.22. The molecule has 1 atom stereocenters. The molecular formula is C24H28N4O3. The summed E-state index contributed by atoms with van der Waals surface area (Å²) < 4.78 is 13.7. The van der Waals surface area contributed by atoms with Crippen molar-refractivity contribution >= 4 is 11.6 Å². The average molecular weight is 421 g/mol. The van der Waals surface area contributed by atoms with Crippen molar-refractivity contribution in [2.45, 2.75) is 26.9 Å². The molecular weight excluding hydrogens is 392 g/mol. The standard InChI is InChI=1S/C24H28N4O3/c1-4-27(14-20-16-30-21-12-8-9-13-22(21)31-20)15-23(29)25-24-17(2)26-28(18(24)3)19-10-6-5-7-11-19/h5-13,20H,4,14-16H2,1-3H3,(H,25,29). The van der Waals surface area contributed by atoms with Gasteiger partial charge in [-0.1, -0.05) is 37.3 Å². The Morgan fingerprint density at radius 2 is 1.84 bits per heavy atom. The molecule has 1 unspecified atom stereocenters. The number of nitrogens with one attached hydrogen (secondary N) is 1.